The summed E-state index contributed by atoms with van der Waals surface area (Å²) < 4.78 is 0. The van der Waals surface area contributed by atoms with E-state index in [2.05, 4.69) is 20.7 Å². The molecule has 150 valence electrons. The van der Waals surface area contributed by atoms with E-state index in [9.17, 15) is 14.9 Å². The molecular weight excluding hydrogens is 370 g/mol. The summed E-state index contributed by atoms with van der Waals surface area (Å²) in [6, 6.07) is 7.84. The van der Waals surface area contributed by atoms with Gasteiger partial charge in [-0.2, -0.15) is 10.2 Å². The lowest BCUT2D eigenvalue weighted by Crippen LogP contribution is -2.48. The number of nitro groups is 1. The summed E-state index contributed by atoms with van der Waals surface area (Å²) >= 11 is 0. The second kappa shape index (κ2) is 6.79. The third-order valence-corrected chi connectivity index (χ3v) is 6.90. The molecule has 4 fully saturated rings. The first kappa shape index (κ1) is 18.0. The zero-order chi connectivity index (χ0) is 20.0. The zero-order valence-electron chi connectivity index (χ0n) is 16.0. The van der Waals surface area contributed by atoms with E-state index in [1.165, 1.54) is 56.9 Å². The normalized spacial score (nSPS) is 30.0. The number of hydrogen-bond acceptors (Lipinski definition) is 5. The summed E-state index contributed by atoms with van der Waals surface area (Å²) in [6.07, 6.45) is 9.20. The van der Waals surface area contributed by atoms with E-state index in [0.717, 1.165) is 23.4 Å². The van der Waals surface area contributed by atoms with Crippen LogP contribution >= 0.6 is 0 Å². The predicted molar refractivity (Wildman–Crippen MR) is 107 cm³/mol. The van der Waals surface area contributed by atoms with Crippen LogP contribution in [0.25, 0.3) is 0 Å². The Hall–Kier alpha value is -3.03. The van der Waals surface area contributed by atoms with Gasteiger partial charge in [0.2, 0.25) is 0 Å². The van der Waals surface area contributed by atoms with E-state index in [1.54, 1.807) is 12.1 Å². The Labute approximate surface area is 167 Å². The molecule has 0 spiro atoms. The molecule has 4 bridgehead atoms. The van der Waals surface area contributed by atoms with Gasteiger partial charge >= 0.3 is 0 Å². The third kappa shape index (κ3) is 3.32. The second-order valence-electron chi connectivity index (χ2n) is 8.91. The first-order chi connectivity index (χ1) is 14.0. The van der Waals surface area contributed by atoms with Gasteiger partial charge in [0, 0.05) is 23.2 Å². The van der Waals surface area contributed by atoms with Crippen molar-refractivity contribution >= 4 is 17.8 Å². The number of rotatable bonds is 5. The van der Waals surface area contributed by atoms with Gasteiger partial charge in [-0.3, -0.25) is 20.0 Å². The summed E-state index contributed by atoms with van der Waals surface area (Å²) in [4.78, 5) is 22.6. The number of aromatic nitrogens is 2. The van der Waals surface area contributed by atoms with Gasteiger partial charge < -0.3 is 0 Å². The molecule has 4 aliphatic rings. The average molecular weight is 393 g/mol. The maximum Gasteiger partial charge on any atom is 0.291 e. The lowest BCUT2D eigenvalue weighted by molar-refractivity contribution is -0.384. The molecule has 4 saturated carbocycles. The summed E-state index contributed by atoms with van der Waals surface area (Å²) in [5, 5.41) is 22.0. The maximum absolute atomic E-state index is 12.4. The number of carbonyl (C=O) groups excluding carboxylic acids is 1. The Morgan fingerprint density at radius 2 is 1.79 bits per heavy atom. The topological polar surface area (TPSA) is 113 Å². The van der Waals surface area contributed by atoms with Crippen molar-refractivity contribution in [1.82, 2.24) is 15.6 Å². The smallest absolute Gasteiger partial charge is 0.281 e. The molecule has 29 heavy (non-hydrogen) atoms. The number of hydrogen-bond donors (Lipinski definition) is 2. The van der Waals surface area contributed by atoms with Crippen molar-refractivity contribution < 1.29 is 9.72 Å². The molecule has 1 aromatic carbocycles. The number of aromatic amines is 1. The van der Waals surface area contributed by atoms with Crippen LogP contribution in [-0.2, 0) is 5.41 Å². The Morgan fingerprint density at radius 3 is 2.38 bits per heavy atom. The first-order valence-electron chi connectivity index (χ1n) is 10.1. The van der Waals surface area contributed by atoms with Crippen molar-refractivity contribution in [2.75, 3.05) is 0 Å². The number of carbonyl (C=O) groups is 1. The number of non-ortho nitro benzene ring substituents is 1. The molecule has 0 saturated heterocycles. The van der Waals surface area contributed by atoms with Gasteiger partial charge in [-0.25, -0.2) is 5.43 Å². The molecule has 0 unspecified atom stereocenters. The van der Waals surface area contributed by atoms with Crippen LogP contribution in [0.4, 0.5) is 5.69 Å². The largest absolute Gasteiger partial charge is 0.291 e. The molecule has 1 heterocycles. The highest BCUT2D eigenvalue weighted by atomic mass is 16.6. The van der Waals surface area contributed by atoms with Crippen LogP contribution in [0.15, 0.2) is 35.4 Å². The molecular formula is C21H23N5O3. The fourth-order valence-corrected chi connectivity index (χ4v) is 6.06. The van der Waals surface area contributed by atoms with E-state index in [-0.39, 0.29) is 17.0 Å². The Kier molecular flexibility index (Phi) is 4.22. The molecule has 2 aromatic rings. The highest BCUT2D eigenvalue weighted by molar-refractivity contribution is 5.93. The second-order valence-corrected chi connectivity index (χ2v) is 8.91. The molecule has 4 aliphatic carbocycles. The van der Waals surface area contributed by atoms with Crippen molar-refractivity contribution in [1.29, 1.82) is 0 Å². The van der Waals surface area contributed by atoms with Crippen molar-refractivity contribution in [2.24, 2.45) is 22.9 Å². The van der Waals surface area contributed by atoms with Crippen LogP contribution in [0.5, 0.6) is 0 Å². The van der Waals surface area contributed by atoms with E-state index < -0.39 is 4.92 Å². The van der Waals surface area contributed by atoms with E-state index in [1.807, 2.05) is 6.07 Å². The maximum atomic E-state index is 12.4. The third-order valence-electron chi connectivity index (χ3n) is 6.90. The van der Waals surface area contributed by atoms with Crippen molar-refractivity contribution in [3.05, 3.63) is 57.4 Å². The number of hydrazone groups is 1. The standard InChI is InChI=1S/C21H23N5O3/c27-20(25-22-12-13-1-3-17(4-2-13)26(28)29)18-8-19(24-23-18)21-9-14-5-15(10-21)7-16(6-14)11-21/h1-4,8,12,14-16H,5-7,9-11H2,(H,23,24)(H,25,27)/b22-12-. The summed E-state index contributed by atoms with van der Waals surface area (Å²) in [7, 11) is 0. The number of benzene rings is 1. The predicted octanol–water partition coefficient (Wildman–Crippen LogP) is 3.55. The van der Waals surface area contributed by atoms with Gasteiger partial charge in [-0.15, -0.1) is 0 Å². The molecule has 2 N–H and O–H groups in total. The van der Waals surface area contributed by atoms with Crippen molar-refractivity contribution in [3.63, 3.8) is 0 Å². The van der Waals surface area contributed by atoms with Crippen LogP contribution in [0.3, 0.4) is 0 Å². The van der Waals surface area contributed by atoms with Crippen molar-refractivity contribution in [2.45, 2.75) is 43.9 Å². The average Bonchev–Trinajstić information content (AvgIpc) is 3.18. The summed E-state index contributed by atoms with van der Waals surface area (Å²) in [5.74, 6) is 2.12. The monoisotopic (exact) mass is 393 g/mol. The minimum absolute atomic E-state index is 0.0138. The molecule has 8 heteroatoms. The van der Waals surface area contributed by atoms with Gasteiger partial charge in [-0.05, 0) is 80.0 Å². The Balaban J connectivity index is 1.25. The quantitative estimate of drug-likeness (QED) is 0.459. The van der Waals surface area contributed by atoms with Gasteiger partial charge in [0.15, 0.2) is 5.69 Å². The van der Waals surface area contributed by atoms with Gasteiger partial charge in [-0.1, -0.05) is 0 Å². The Bertz CT molecular complexity index is 943. The molecule has 0 aliphatic heterocycles. The fraction of sp³-hybridized carbons (Fsp3) is 0.476. The van der Waals surface area contributed by atoms with Gasteiger partial charge in [0.25, 0.3) is 11.6 Å². The van der Waals surface area contributed by atoms with E-state index in [0.29, 0.717) is 11.3 Å². The summed E-state index contributed by atoms with van der Waals surface area (Å²) in [6.45, 7) is 0. The van der Waals surface area contributed by atoms with Crippen LogP contribution in [0.2, 0.25) is 0 Å². The number of H-pyrrole nitrogens is 1. The van der Waals surface area contributed by atoms with Gasteiger partial charge in [0.05, 0.1) is 11.1 Å². The lowest BCUT2D eigenvalue weighted by atomic mass is 9.49. The first-order valence-corrected chi connectivity index (χ1v) is 10.1. The van der Waals surface area contributed by atoms with E-state index >= 15 is 0 Å². The van der Waals surface area contributed by atoms with Crippen LogP contribution in [-0.4, -0.2) is 27.2 Å². The molecule has 8 nitrogen and oxygen atoms in total. The molecule has 6 rings (SSSR count). The lowest BCUT2D eigenvalue weighted by Gasteiger charge is -2.56. The molecule has 0 atom stereocenters. The van der Waals surface area contributed by atoms with Crippen LogP contribution < -0.4 is 5.43 Å². The zero-order valence-corrected chi connectivity index (χ0v) is 16.0. The molecule has 1 amide bonds. The molecule has 1 aromatic heterocycles. The van der Waals surface area contributed by atoms with Crippen molar-refractivity contribution in [3.8, 4) is 0 Å². The number of amides is 1. The number of nitrogens with one attached hydrogen (secondary N) is 2. The van der Waals surface area contributed by atoms with Crippen LogP contribution in [0, 0.1) is 27.9 Å². The van der Waals surface area contributed by atoms with Gasteiger partial charge in [0.1, 0.15) is 0 Å². The highest BCUT2D eigenvalue weighted by Gasteiger charge is 2.52. The minimum atomic E-state index is -0.457. The molecule has 0 radical (unpaired) electrons. The highest BCUT2D eigenvalue weighted by Crippen LogP contribution is 2.60. The fourth-order valence-electron chi connectivity index (χ4n) is 6.06. The van der Waals surface area contributed by atoms with Crippen LogP contribution in [0.1, 0.15) is 60.3 Å². The minimum Gasteiger partial charge on any atom is -0.281 e. The van der Waals surface area contributed by atoms with E-state index in [4.69, 9.17) is 0 Å². The summed E-state index contributed by atoms with van der Waals surface area (Å²) in [5.41, 5.74) is 4.77. The number of nitrogens with zero attached hydrogens (tertiary/aromatic N) is 3. The number of nitro benzene ring substituents is 1. The SMILES string of the molecule is O=C(N/N=C\c1ccc([N+](=O)[O-])cc1)c1cc(C23CC4CC(CC(C4)C2)C3)[nH]n1. The Morgan fingerprint density at radius 1 is 1.17 bits per heavy atom.